The lowest BCUT2D eigenvalue weighted by Gasteiger charge is -2.08. The van der Waals surface area contributed by atoms with Crippen molar-refractivity contribution in [3.63, 3.8) is 0 Å². The van der Waals surface area contributed by atoms with Gasteiger partial charge in [0.15, 0.2) is 0 Å². The van der Waals surface area contributed by atoms with Gasteiger partial charge in [-0.05, 0) is 74.5 Å². The molecule has 3 aromatic heterocycles. The van der Waals surface area contributed by atoms with Crippen molar-refractivity contribution in [1.82, 2.24) is 24.1 Å². The van der Waals surface area contributed by atoms with Crippen molar-refractivity contribution in [2.24, 2.45) is 0 Å². The van der Waals surface area contributed by atoms with Crippen molar-refractivity contribution in [2.75, 3.05) is 0 Å². The molecule has 0 saturated heterocycles. The van der Waals surface area contributed by atoms with Gasteiger partial charge < -0.3 is 0 Å². The Balaban J connectivity index is 1.22. The molecule has 0 bridgehead atoms. The van der Waals surface area contributed by atoms with E-state index in [1.807, 2.05) is 24.8 Å². The lowest BCUT2D eigenvalue weighted by Crippen LogP contribution is -1.92. The molecule has 0 atom stereocenters. The Morgan fingerprint density at radius 2 is 0.947 bits per heavy atom. The minimum atomic E-state index is 0.916. The molecule has 0 radical (unpaired) electrons. The maximum Gasteiger partial charge on any atom is 0.100 e. The second-order valence-corrected chi connectivity index (χ2v) is 9.72. The molecule has 0 saturated carbocycles. The standard InChI is InChI=1S/C33H25N5/c1-22-6-12-26(13-7-22)37-20-34-30-18-24(10-16-32(30)37)28-4-3-5-29(36-28)25-11-17-33-31(19-25)35-21-38(33)27-14-8-23(2)9-15-27/h3-21H,1-2H3. The molecule has 3 heterocycles. The second-order valence-electron chi connectivity index (χ2n) is 9.72. The summed E-state index contributed by atoms with van der Waals surface area (Å²) >= 11 is 0. The molecule has 7 rings (SSSR count). The number of pyridine rings is 1. The van der Waals surface area contributed by atoms with Gasteiger partial charge in [0.25, 0.3) is 0 Å². The number of hydrogen-bond donors (Lipinski definition) is 0. The molecule has 5 heteroatoms. The second kappa shape index (κ2) is 8.82. The number of aryl methyl sites for hydroxylation is 2. The topological polar surface area (TPSA) is 48.5 Å². The van der Waals surface area contributed by atoms with E-state index in [1.54, 1.807) is 0 Å². The molecule has 0 aliphatic heterocycles. The molecule has 0 aliphatic carbocycles. The van der Waals surface area contributed by atoms with Crippen LogP contribution in [0.25, 0.3) is 56.0 Å². The number of fused-ring (bicyclic) bond motifs is 2. The Kier molecular flexibility index (Phi) is 5.15. The van der Waals surface area contributed by atoms with Crippen molar-refractivity contribution < 1.29 is 0 Å². The molecule has 0 unspecified atom stereocenters. The molecule has 5 nitrogen and oxygen atoms in total. The highest BCUT2D eigenvalue weighted by molar-refractivity contribution is 5.85. The first-order valence-corrected chi connectivity index (χ1v) is 12.7. The quantitative estimate of drug-likeness (QED) is 0.253. The van der Waals surface area contributed by atoms with Crippen molar-refractivity contribution in [2.45, 2.75) is 13.8 Å². The summed E-state index contributed by atoms with van der Waals surface area (Å²) in [6, 6.07) is 35.8. The van der Waals surface area contributed by atoms with E-state index in [0.717, 1.165) is 56.0 Å². The fourth-order valence-electron chi connectivity index (χ4n) is 4.92. The number of benzene rings is 4. The van der Waals surface area contributed by atoms with Crippen LogP contribution >= 0.6 is 0 Å². The molecule has 38 heavy (non-hydrogen) atoms. The first-order valence-electron chi connectivity index (χ1n) is 12.7. The van der Waals surface area contributed by atoms with E-state index in [-0.39, 0.29) is 0 Å². The summed E-state index contributed by atoms with van der Waals surface area (Å²) < 4.78 is 4.24. The molecular formula is C33H25N5. The fraction of sp³-hybridized carbons (Fsp3) is 0.0606. The van der Waals surface area contributed by atoms with Crippen LogP contribution in [-0.4, -0.2) is 24.1 Å². The molecule has 4 aromatic carbocycles. The summed E-state index contributed by atoms with van der Waals surface area (Å²) in [7, 11) is 0. The van der Waals surface area contributed by atoms with Crippen molar-refractivity contribution in [3.8, 4) is 33.9 Å². The van der Waals surface area contributed by atoms with Gasteiger partial charge in [0.1, 0.15) is 12.7 Å². The van der Waals surface area contributed by atoms with E-state index in [2.05, 4.69) is 124 Å². The van der Waals surface area contributed by atoms with E-state index in [1.165, 1.54) is 11.1 Å². The Bertz CT molecular complexity index is 1790. The van der Waals surface area contributed by atoms with Crippen molar-refractivity contribution in [1.29, 1.82) is 0 Å². The zero-order valence-corrected chi connectivity index (χ0v) is 21.2. The Morgan fingerprint density at radius 1 is 0.500 bits per heavy atom. The lowest BCUT2D eigenvalue weighted by molar-refractivity contribution is 1.09. The van der Waals surface area contributed by atoms with Gasteiger partial charge in [0.2, 0.25) is 0 Å². The van der Waals surface area contributed by atoms with Crippen LogP contribution in [0.4, 0.5) is 0 Å². The maximum atomic E-state index is 5.01. The molecule has 0 spiro atoms. The lowest BCUT2D eigenvalue weighted by atomic mass is 10.1. The Labute approximate surface area is 220 Å². The van der Waals surface area contributed by atoms with Crippen LogP contribution in [0.15, 0.2) is 116 Å². The predicted octanol–water partition coefficient (Wildman–Crippen LogP) is 7.71. The Morgan fingerprint density at radius 3 is 1.39 bits per heavy atom. The summed E-state index contributed by atoms with van der Waals surface area (Å²) in [5, 5.41) is 0. The highest BCUT2D eigenvalue weighted by atomic mass is 15.1. The summed E-state index contributed by atoms with van der Waals surface area (Å²) in [6.07, 6.45) is 3.77. The normalized spacial score (nSPS) is 11.4. The first-order chi connectivity index (χ1) is 18.6. The third-order valence-corrected chi connectivity index (χ3v) is 7.06. The number of aromatic nitrogens is 5. The summed E-state index contributed by atoms with van der Waals surface area (Å²) in [4.78, 5) is 14.4. The van der Waals surface area contributed by atoms with E-state index in [0.29, 0.717) is 0 Å². The van der Waals surface area contributed by atoms with Crippen LogP contribution < -0.4 is 0 Å². The van der Waals surface area contributed by atoms with E-state index in [4.69, 9.17) is 4.98 Å². The number of nitrogens with zero attached hydrogens (tertiary/aromatic N) is 5. The third-order valence-electron chi connectivity index (χ3n) is 7.06. The van der Waals surface area contributed by atoms with Gasteiger partial charge in [-0.3, -0.25) is 9.13 Å². The zero-order chi connectivity index (χ0) is 25.6. The summed E-state index contributed by atoms with van der Waals surface area (Å²) in [5.74, 6) is 0. The van der Waals surface area contributed by atoms with E-state index in [9.17, 15) is 0 Å². The number of hydrogen-bond acceptors (Lipinski definition) is 3. The first kappa shape index (κ1) is 22.2. The van der Waals surface area contributed by atoms with Gasteiger partial charge in [0.05, 0.1) is 33.5 Å². The van der Waals surface area contributed by atoms with Gasteiger partial charge in [-0.15, -0.1) is 0 Å². The fourth-order valence-corrected chi connectivity index (χ4v) is 4.92. The Hall–Kier alpha value is -5.03. The largest absolute Gasteiger partial charge is 0.299 e. The van der Waals surface area contributed by atoms with Crippen LogP contribution in [0.3, 0.4) is 0 Å². The number of imidazole rings is 2. The monoisotopic (exact) mass is 491 g/mol. The average molecular weight is 492 g/mol. The molecule has 0 fully saturated rings. The highest BCUT2D eigenvalue weighted by Gasteiger charge is 2.11. The molecule has 0 N–H and O–H groups in total. The zero-order valence-electron chi connectivity index (χ0n) is 21.2. The van der Waals surface area contributed by atoms with Gasteiger partial charge in [0, 0.05) is 22.5 Å². The maximum absolute atomic E-state index is 5.01. The van der Waals surface area contributed by atoms with Crippen LogP contribution in [0.5, 0.6) is 0 Å². The van der Waals surface area contributed by atoms with Crippen LogP contribution in [0.1, 0.15) is 11.1 Å². The van der Waals surface area contributed by atoms with Gasteiger partial charge in [-0.25, -0.2) is 15.0 Å². The van der Waals surface area contributed by atoms with Gasteiger partial charge in [-0.1, -0.05) is 53.6 Å². The minimum Gasteiger partial charge on any atom is -0.299 e. The summed E-state index contributed by atoms with van der Waals surface area (Å²) in [5.41, 5.74) is 12.6. The van der Waals surface area contributed by atoms with E-state index < -0.39 is 0 Å². The van der Waals surface area contributed by atoms with Crippen molar-refractivity contribution in [3.05, 3.63) is 127 Å². The summed E-state index contributed by atoms with van der Waals surface area (Å²) in [6.45, 7) is 4.19. The van der Waals surface area contributed by atoms with Gasteiger partial charge in [-0.2, -0.15) is 0 Å². The van der Waals surface area contributed by atoms with E-state index >= 15 is 0 Å². The van der Waals surface area contributed by atoms with Crippen molar-refractivity contribution >= 4 is 22.1 Å². The molecule has 182 valence electrons. The number of rotatable bonds is 4. The molecule has 0 aliphatic rings. The molecule has 0 amide bonds. The molecular weight excluding hydrogens is 466 g/mol. The van der Waals surface area contributed by atoms with Crippen LogP contribution in [0, 0.1) is 13.8 Å². The highest BCUT2D eigenvalue weighted by Crippen LogP contribution is 2.29. The average Bonchev–Trinajstić information content (AvgIpc) is 3.58. The smallest absolute Gasteiger partial charge is 0.100 e. The SMILES string of the molecule is Cc1ccc(-n2cnc3cc(-c4cccc(-c5ccc6c(c5)ncn6-c5ccc(C)cc5)n4)ccc32)cc1. The van der Waals surface area contributed by atoms with Crippen LogP contribution in [0.2, 0.25) is 0 Å². The minimum absolute atomic E-state index is 0.916. The van der Waals surface area contributed by atoms with Crippen LogP contribution in [-0.2, 0) is 0 Å². The molecule has 7 aromatic rings. The van der Waals surface area contributed by atoms with Gasteiger partial charge >= 0.3 is 0 Å². The predicted molar refractivity (Wildman–Crippen MR) is 154 cm³/mol. The third kappa shape index (κ3) is 3.85.